The SMILES string of the molecule is CCN(C(=O)c1nn[nH]n1)C1CCCC1CN. The summed E-state index contributed by atoms with van der Waals surface area (Å²) < 4.78 is 0. The zero-order valence-electron chi connectivity index (χ0n) is 9.96. The summed E-state index contributed by atoms with van der Waals surface area (Å²) in [6, 6.07) is 0.219. The third-order valence-electron chi connectivity index (χ3n) is 3.46. The molecule has 0 radical (unpaired) electrons. The quantitative estimate of drug-likeness (QED) is 0.755. The van der Waals surface area contributed by atoms with E-state index in [2.05, 4.69) is 20.6 Å². The van der Waals surface area contributed by atoms with Crippen LogP contribution in [0.2, 0.25) is 0 Å². The molecule has 1 aliphatic carbocycles. The maximum atomic E-state index is 12.2. The number of aromatic amines is 1. The highest BCUT2D eigenvalue weighted by molar-refractivity contribution is 5.90. The first-order valence-electron chi connectivity index (χ1n) is 6.02. The molecule has 1 aromatic heterocycles. The predicted molar refractivity (Wildman–Crippen MR) is 61.1 cm³/mol. The van der Waals surface area contributed by atoms with Crippen LogP contribution >= 0.6 is 0 Å². The van der Waals surface area contributed by atoms with E-state index in [1.165, 1.54) is 0 Å². The van der Waals surface area contributed by atoms with Crippen molar-refractivity contribution in [3.8, 4) is 0 Å². The molecule has 94 valence electrons. The van der Waals surface area contributed by atoms with E-state index < -0.39 is 0 Å². The van der Waals surface area contributed by atoms with Gasteiger partial charge >= 0.3 is 0 Å². The molecule has 17 heavy (non-hydrogen) atoms. The fraction of sp³-hybridized carbons (Fsp3) is 0.800. The monoisotopic (exact) mass is 238 g/mol. The zero-order valence-corrected chi connectivity index (χ0v) is 9.96. The zero-order chi connectivity index (χ0) is 12.3. The van der Waals surface area contributed by atoms with Gasteiger partial charge in [-0.25, -0.2) is 0 Å². The number of H-pyrrole nitrogens is 1. The number of carbonyl (C=O) groups excluding carboxylic acids is 1. The molecule has 0 spiro atoms. The Morgan fingerprint density at radius 3 is 3.00 bits per heavy atom. The van der Waals surface area contributed by atoms with Crippen molar-refractivity contribution in [2.75, 3.05) is 13.1 Å². The number of nitrogens with two attached hydrogens (primary N) is 1. The van der Waals surface area contributed by atoms with Crippen LogP contribution < -0.4 is 5.73 Å². The Morgan fingerprint density at radius 1 is 1.59 bits per heavy atom. The number of nitrogens with zero attached hydrogens (tertiary/aromatic N) is 4. The van der Waals surface area contributed by atoms with Crippen LogP contribution in [0.5, 0.6) is 0 Å². The highest BCUT2D eigenvalue weighted by atomic mass is 16.2. The van der Waals surface area contributed by atoms with Crippen LogP contribution in [0, 0.1) is 5.92 Å². The second-order valence-electron chi connectivity index (χ2n) is 4.32. The molecule has 2 rings (SSSR count). The molecular formula is C10H18N6O. The summed E-state index contributed by atoms with van der Waals surface area (Å²) in [5, 5.41) is 13.2. The van der Waals surface area contributed by atoms with E-state index in [4.69, 9.17) is 5.73 Å². The summed E-state index contributed by atoms with van der Waals surface area (Å²) in [6.07, 6.45) is 3.24. The van der Waals surface area contributed by atoms with Gasteiger partial charge in [0.15, 0.2) is 0 Å². The molecule has 7 heteroatoms. The summed E-state index contributed by atoms with van der Waals surface area (Å²) in [4.78, 5) is 14.0. The van der Waals surface area contributed by atoms with Gasteiger partial charge in [0.25, 0.3) is 11.7 Å². The summed E-state index contributed by atoms with van der Waals surface area (Å²) >= 11 is 0. The van der Waals surface area contributed by atoms with Gasteiger partial charge in [-0.2, -0.15) is 5.21 Å². The van der Waals surface area contributed by atoms with Gasteiger partial charge in [-0.15, -0.1) is 10.2 Å². The van der Waals surface area contributed by atoms with Crippen LogP contribution in [-0.4, -0.2) is 50.6 Å². The Kier molecular flexibility index (Phi) is 3.68. The van der Waals surface area contributed by atoms with Gasteiger partial charge in [0.1, 0.15) is 0 Å². The number of hydrogen-bond donors (Lipinski definition) is 2. The first-order chi connectivity index (χ1) is 8.27. The normalized spacial score (nSPS) is 23.9. The Labute approximate surface area is 99.7 Å². The average molecular weight is 238 g/mol. The van der Waals surface area contributed by atoms with E-state index in [0.29, 0.717) is 19.0 Å². The first kappa shape index (κ1) is 12.0. The third kappa shape index (κ3) is 2.28. The third-order valence-corrected chi connectivity index (χ3v) is 3.46. The second-order valence-corrected chi connectivity index (χ2v) is 4.32. The van der Waals surface area contributed by atoms with Gasteiger partial charge in [-0.05, 0) is 37.4 Å². The molecule has 2 unspecified atom stereocenters. The number of nitrogens with one attached hydrogen (secondary N) is 1. The van der Waals surface area contributed by atoms with Crippen molar-refractivity contribution in [1.29, 1.82) is 0 Å². The minimum Gasteiger partial charge on any atom is -0.333 e. The highest BCUT2D eigenvalue weighted by Gasteiger charge is 2.34. The lowest BCUT2D eigenvalue weighted by molar-refractivity contribution is 0.0639. The fourth-order valence-corrected chi connectivity index (χ4v) is 2.61. The molecule has 7 nitrogen and oxygen atoms in total. The van der Waals surface area contributed by atoms with Crippen molar-refractivity contribution < 1.29 is 4.79 Å². The van der Waals surface area contributed by atoms with E-state index in [1.807, 2.05) is 11.8 Å². The van der Waals surface area contributed by atoms with Crippen molar-refractivity contribution in [3.05, 3.63) is 5.82 Å². The molecule has 1 aliphatic rings. The molecule has 0 aromatic carbocycles. The lowest BCUT2D eigenvalue weighted by atomic mass is 10.0. The molecule has 1 heterocycles. The Bertz CT molecular complexity index is 365. The molecule has 1 saturated carbocycles. The molecular weight excluding hydrogens is 220 g/mol. The topological polar surface area (TPSA) is 101 Å². The number of amides is 1. The molecule has 1 fully saturated rings. The minimum atomic E-state index is -0.161. The van der Waals surface area contributed by atoms with Crippen molar-refractivity contribution in [2.24, 2.45) is 11.7 Å². The smallest absolute Gasteiger partial charge is 0.295 e. The maximum Gasteiger partial charge on any atom is 0.295 e. The van der Waals surface area contributed by atoms with Crippen molar-refractivity contribution in [2.45, 2.75) is 32.2 Å². The van der Waals surface area contributed by atoms with Gasteiger partial charge < -0.3 is 10.6 Å². The van der Waals surface area contributed by atoms with E-state index >= 15 is 0 Å². The van der Waals surface area contributed by atoms with Gasteiger partial charge in [0.2, 0.25) is 0 Å². The Morgan fingerprint density at radius 2 is 2.41 bits per heavy atom. The largest absolute Gasteiger partial charge is 0.333 e. The molecule has 0 bridgehead atoms. The van der Waals surface area contributed by atoms with Crippen LogP contribution in [0.15, 0.2) is 0 Å². The second kappa shape index (κ2) is 5.22. The standard InChI is InChI=1S/C10H18N6O/c1-2-16(8-5-3-4-7(8)6-11)10(17)9-12-14-15-13-9/h7-8H,2-6,11H2,1H3,(H,12,13,14,15). The van der Waals surface area contributed by atoms with Crippen LogP contribution in [0.4, 0.5) is 0 Å². The number of tetrazole rings is 1. The van der Waals surface area contributed by atoms with E-state index in [-0.39, 0.29) is 17.8 Å². The molecule has 3 N–H and O–H groups in total. The summed E-state index contributed by atoms with van der Waals surface area (Å²) in [5.41, 5.74) is 5.75. The summed E-state index contributed by atoms with van der Waals surface area (Å²) in [5.74, 6) is 0.368. The van der Waals surface area contributed by atoms with Crippen molar-refractivity contribution in [1.82, 2.24) is 25.5 Å². The number of rotatable bonds is 4. The average Bonchev–Trinajstić information content (AvgIpc) is 3.01. The molecule has 1 aromatic rings. The van der Waals surface area contributed by atoms with Crippen LogP contribution in [0.3, 0.4) is 0 Å². The van der Waals surface area contributed by atoms with E-state index in [9.17, 15) is 4.79 Å². The summed E-state index contributed by atoms with van der Waals surface area (Å²) in [7, 11) is 0. The Balaban J connectivity index is 2.13. The van der Waals surface area contributed by atoms with Crippen molar-refractivity contribution in [3.63, 3.8) is 0 Å². The molecule has 0 saturated heterocycles. The van der Waals surface area contributed by atoms with Gasteiger partial charge in [-0.1, -0.05) is 6.42 Å². The van der Waals surface area contributed by atoms with E-state index in [0.717, 1.165) is 19.3 Å². The fourth-order valence-electron chi connectivity index (χ4n) is 2.61. The van der Waals surface area contributed by atoms with Gasteiger partial charge in [0, 0.05) is 12.6 Å². The molecule has 0 aliphatic heterocycles. The first-order valence-corrected chi connectivity index (χ1v) is 6.02. The molecule has 2 atom stereocenters. The lowest BCUT2D eigenvalue weighted by Gasteiger charge is -2.30. The van der Waals surface area contributed by atoms with Gasteiger partial charge in [-0.3, -0.25) is 4.79 Å². The predicted octanol–water partition coefficient (Wildman–Crippen LogP) is -0.211. The maximum absolute atomic E-state index is 12.2. The summed E-state index contributed by atoms with van der Waals surface area (Å²) in [6.45, 7) is 3.24. The van der Waals surface area contributed by atoms with Gasteiger partial charge in [0.05, 0.1) is 0 Å². The highest BCUT2D eigenvalue weighted by Crippen LogP contribution is 2.29. The number of hydrogen-bond acceptors (Lipinski definition) is 5. The molecule has 1 amide bonds. The number of carbonyl (C=O) groups is 1. The Hall–Kier alpha value is -1.50. The van der Waals surface area contributed by atoms with E-state index in [1.54, 1.807) is 0 Å². The van der Waals surface area contributed by atoms with Crippen molar-refractivity contribution >= 4 is 5.91 Å². The number of aromatic nitrogens is 4. The van der Waals surface area contributed by atoms with Crippen LogP contribution in [0.1, 0.15) is 36.8 Å². The minimum absolute atomic E-state index is 0.134. The van der Waals surface area contributed by atoms with Crippen LogP contribution in [0.25, 0.3) is 0 Å². The van der Waals surface area contributed by atoms with Crippen LogP contribution in [-0.2, 0) is 0 Å². The lowest BCUT2D eigenvalue weighted by Crippen LogP contribution is -2.44.